The molecule has 0 fully saturated rings. The summed E-state index contributed by atoms with van der Waals surface area (Å²) in [4.78, 5) is 39.2. The van der Waals surface area contributed by atoms with Gasteiger partial charge in [0, 0.05) is 35.2 Å². The molecule has 0 atom stereocenters. The third kappa shape index (κ3) is 5.22. The van der Waals surface area contributed by atoms with Crippen molar-refractivity contribution < 1.29 is 19.1 Å². The van der Waals surface area contributed by atoms with Crippen LogP contribution in [0.4, 0.5) is 4.79 Å². The average molecular weight is 393 g/mol. The summed E-state index contributed by atoms with van der Waals surface area (Å²) in [5.74, 6) is -0.844. The Morgan fingerprint density at radius 3 is 2.48 bits per heavy atom. The van der Waals surface area contributed by atoms with E-state index in [1.54, 1.807) is 30.5 Å². The monoisotopic (exact) mass is 393 g/mol. The zero-order valence-corrected chi connectivity index (χ0v) is 16.3. The van der Waals surface area contributed by atoms with Crippen LogP contribution in [0.5, 0.6) is 0 Å². The topological polar surface area (TPSA) is 100 Å². The fourth-order valence-electron chi connectivity index (χ4n) is 2.85. The third-order valence-electron chi connectivity index (χ3n) is 4.29. The number of esters is 1. The van der Waals surface area contributed by atoms with Crippen LogP contribution in [0.15, 0.2) is 54.7 Å². The zero-order valence-electron chi connectivity index (χ0n) is 16.3. The Bertz CT molecular complexity index is 1020. The minimum Gasteiger partial charge on any atom is -0.454 e. The number of carbonyl (C=O) groups excluding carboxylic acids is 3. The van der Waals surface area contributed by atoms with Crippen LogP contribution in [0.1, 0.15) is 40.1 Å². The van der Waals surface area contributed by atoms with Gasteiger partial charge in [0.25, 0.3) is 0 Å². The Labute approximate surface area is 168 Å². The van der Waals surface area contributed by atoms with Crippen LogP contribution in [0.2, 0.25) is 0 Å². The summed E-state index contributed by atoms with van der Waals surface area (Å²) in [6.45, 7) is 3.76. The van der Waals surface area contributed by atoms with Gasteiger partial charge in [-0.3, -0.25) is 4.79 Å². The number of ketones is 1. The van der Waals surface area contributed by atoms with Gasteiger partial charge in [-0.05, 0) is 37.6 Å². The maximum atomic E-state index is 12.4. The number of H-pyrrole nitrogens is 1. The number of benzene rings is 2. The third-order valence-corrected chi connectivity index (χ3v) is 4.29. The van der Waals surface area contributed by atoms with Crippen molar-refractivity contribution in [2.45, 2.75) is 26.4 Å². The van der Waals surface area contributed by atoms with Gasteiger partial charge in [-0.2, -0.15) is 0 Å². The average Bonchev–Trinajstić information content (AvgIpc) is 3.14. The van der Waals surface area contributed by atoms with Gasteiger partial charge < -0.3 is 20.4 Å². The van der Waals surface area contributed by atoms with E-state index in [1.165, 1.54) is 0 Å². The number of amides is 2. The van der Waals surface area contributed by atoms with Gasteiger partial charge in [0.2, 0.25) is 5.78 Å². The second kappa shape index (κ2) is 9.05. The number of aromatic amines is 1. The van der Waals surface area contributed by atoms with Gasteiger partial charge in [0.1, 0.15) is 0 Å². The quantitative estimate of drug-likeness (QED) is 0.423. The van der Waals surface area contributed by atoms with Crippen LogP contribution in [0, 0.1) is 0 Å². The molecule has 2 amide bonds. The number of urea groups is 1. The van der Waals surface area contributed by atoms with E-state index < -0.39 is 5.97 Å². The first kappa shape index (κ1) is 20.1. The van der Waals surface area contributed by atoms with Crippen LogP contribution in [-0.4, -0.2) is 35.4 Å². The van der Waals surface area contributed by atoms with Crippen LogP contribution >= 0.6 is 0 Å². The maximum absolute atomic E-state index is 12.4. The van der Waals surface area contributed by atoms with Gasteiger partial charge in [0.15, 0.2) is 6.61 Å². The van der Waals surface area contributed by atoms with E-state index in [0.29, 0.717) is 17.7 Å². The summed E-state index contributed by atoms with van der Waals surface area (Å²) in [5.41, 5.74) is 2.53. The van der Waals surface area contributed by atoms with Crippen molar-refractivity contribution in [3.05, 3.63) is 71.4 Å². The number of fused-ring (bicyclic) bond motifs is 1. The lowest BCUT2D eigenvalue weighted by molar-refractivity contribution is 0.0475. The highest BCUT2D eigenvalue weighted by Gasteiger charge is 2.15. The molecule has 0 aliphatic rings. The number of carbonyl (C=O) groups is 3. The first-order chi connectivity index (χ1) is 13.9. The predicted molar refractivity (Wildman–Crippen MR) is 110 cm³/mol. The molecule has 2 aromatic carbocycles. The smallest absolute Gasteiger partial charge is 0.338 e. The summed E-state index contributed by atoms with van der Waals surface area (Å²) < 4.78 is 5.16. The summed E-state index contributed by atoms with van der Waals surface area (Å²) in [7, 11) is 0. The Balaban J connectivity index is 1.53. The fraction of sp³-hybridized carbons (Fsp3) is 0.227. The summed E-state index contributed by atoms with van der Waals surface area (Å²) >= 11 is 0. The lowest BCUT2D eigenvalue weighted by Gasteiger charge is -2.10. The molecule has 0 aliphatic heterocycles. The Morgan fingerprint density at radius 2 is 1.76 bits per heavy atom. The lowest BCUT2D eigenvalue weighted by atomic mass is 10.1. The molecule has 0 bridgehead atoms. The van der Waals surface area contributed by atoms with Crippen LogP contribution in [0.25, 0.3) is 10.9 Å². The molecule has 1 heterocycles. The first-order valence-electron chi connectivity index (χ1n) is 9.34. The molecule has 0 saturated heterocycles. The van der Waals surface area contributed by atoms with E-state index in [-0.39, 0.29) is 24.5 Å². The molecule has 0 unspecified atom stereocenters. The molecule has 7 nitrogen and oxygen atoms in total. The van der Waals surface area contributed by atoms with Crippen molar-refractivity contribution in [2.75, 3.05) is 6.61 Å². The van der Waals surface area contributed by atoms with Crippen LogP contribution in [-0.2, 0) is 11.3 Å². The van der Waals surface area contributed by atoms with Crippen LogP contribution < -0.4 is 10.6 Å². The highest BCUT2D eigenvalue weighted by Crippen LogP contribution is 2.18. The number of ether oxygens (including phenoxy) is 1. The van der Waals surface area contributed by atoms with E-state index in [9.17, 15) is 14.4 Å². The molecule has 3 N–H and O–H groups in total. The van der Waals surface area contributed by atoms with Crippen molar-refractivity contribution in [2.24, 2.45) is 0 Å². The fourth-order valence-corrected chi connectivity index (χ4v) is 2.85. The van der Waals surface area contributed by atoms with Gasteiger partial charge >= 0.3 is 12.0 Å². The van der Waals surface area contributed by atoms with Crippen molar-refractivity contribution in [1.29, 1.82) is 0 Å². The Hall–Kier alpha value is -3.61. The molecule has 29 heavy (non-hydrogen) atoms. The van der Waals surface area contributed by atoms with Crippen molar-refractivity contribution in [3.8, 4) is 0 Å². The van der Waals surface area contributed by atoms with Crippen molar-refractivity contribution in [3.63, 3.8) is 0 Å². The Morgan fingerprint density at radius 1 is 1.03 bits per heavy atom. The van der Waals surface area contributed by atoms with Gasteiger partial charge in [-0.1, -0.05) is 30.3 Å². The number of para-hydroxylation sites is 1. The zero-order chi connectivity index (χ0) is 20.8. The first-order valence-corrected chi connectivity index (χ1v) is 9.34. The van der Waals surface area contributed by atoms with Gasteiger partial charge in [0.05, 0.1) is 5.56 Å². The van der Waals surface area contributed by atoms with Gasteiger partial charge in [-0.15, -0.1) is 0 Å². The molecular weight excluding hydrogens is 370 g/mol. The summed E-state index contributed by atoms with van der Waals surface area (Å²) in [6.07, 6.45) is 1.62. The minimum absolute atomic E-state index is 0.0547. The molecule has 150 valence electrons. The largest absolute Gasteiger partial charge is 0.454 e. The number of hydrogen-bond donors (Lipinski definition) is 3. The second-order valence-corrected chi connectivity index (χ2v) is 6.93. The van der Waals surface area contributed by atoms with Crippen molar-refractivity contribution in [1.82, 2.24) is 15.6 Å². The lowest BCUT2D eigenvalue weighted by Crippen LogP contribution is -2.39. The summed E-state index contributed by atoms with van der Waals surface area (Å²) in [5, 5.41) is 6.27. The van der Waals surface area contributed by atoms with Gasteiger partial charge in [-0.25, -0.2) is 9.59 Å². The molecule has 7 heteroatoms. The SMILES string of the molecule is CC(C)NC(=O)NCc1ccc(C(=O)OCC(=O)c2c[nH]c3ccccc23)cc1. The minimum atomic E-state index is -0.574. The van der Waals surface area contributed by atoms with Crippen molar-refractivity contribution >= 4 is 28.7 Å². The highest BCUT2D eigenvalue weighted by molar-refractivity contribution is 6.09. The Kier molecular flexibility index (Phi) is 6.29. The van der Waals surface area contributed by atoms with E-state index in [4.69, 9.17) is 4.74 Å². The van der Waals surface area contributed by atoms with E-state index in [2.05, 4.69) is 15.6 Å². The maximum Gasteiger partial charge on any atom is 0.338 e. The molecule has 0 spiro atoms. The number of hydrogen-bond acceptors (Lipinski definition) is 4. The van der Waals surface area contributed by atoms with E-state index in [1.807, 2.05) is 38.1 Å². The molecule has 1 aromatic heterocycles. The molecule has 3 rings (SSSR count). The number of nitrogens with one attached hydrogen (secondary N) is 3. The molecule has 3 aromatic rings. The van der Waals surface area contributed by atoms with Crippen LogP contribution in [0.3, 0.4) is 0 Å². The summed E-state index contributed by atoms with van der Waals surface area (Å²) in [6, 6.07) is 13.9. The molecule has 0 saturated carbocycles. The molecule has 0 aliphatic carbocycles. The highest BCUT2D eigenvalue weighted by atomic mass is 16.5. The standard InChI is InChI=1S/C22H23N3O4/c1-14(2)25-22(28)24-11-15-7-9-16(10-8-15)21(27)29-13-20(26)18-12-23-19-6-4-3-5-17(18)19/h3-10,12,14,23H,11,13H2,1-2H3,(H2,24,25,28). The number of aromatic nitrogens is 1. The van der Waals surface area contributed by atoms with E-state index >= 15 is 0 Å². The number of rotatable bonds is 7. The molecule has 0 radical (unpaired) electrons. The molecular formula is C22H23N3O4. The normalized spacial score (nSPS) is 10.7. The van der Waals surface area contributed by atoms with E-state index in [0.717, 1.165) is 16.5 Å². The number of Topliss-reactive ketones (excluding diaryl/α,β-unsaturated/α-hetero) is 1. The predicted octanol–water partition coefficient (Wildman–Crippen LogP) is 3.42. The second-order valence-electron chi connectivity index (χ2n) is 6.93.